The zero-order valence-electron chi connectivity index (χ0n) is 10.7. The first-order valence-corrected chi connectivity index (χ1v) is 6.28. The Morgan fingerprint density at radius 1 is 1.16 bits per heavy atom. The summed E-state index contributed by atoms with van der Waals surface area (Å²) in [5.74, 6) is 0.276. The van der Waals surface area contributed by atoms with Gasteiger partial charge < -0.3 is 5.11 Å². The van der Waals surface area contributed by atoms with Crippen LogP contribution in [0.4, 0.5) is 0 Å². The van der Waals surface area contributed by atoms with Crippen LogP contribution in [-0.4, -0.2) is 10.9 Å². The van der Waals surface area contributed by atoms with Gasteiger partial charge >= 0.3 is 0 Å². The molecule has 0 spiro atoms. The van der Waals surface area contributed by atoms with Crippen molar-refractivity contribution in [3.63, 3.8) is 0 Å². The molecule has 0 saturated carbocycles. The van der Waals surface area contributed by atoms with E-state index in [1.165, 1.54) is 0 Å². The fraction of sp³-hybridized carbons (Fsp3) is 0.118. The van der Waals surface area contributed by atoms with Crippen molar-refractivity contribution in [2.24, 2.45) is 0 Å². The summed E-state index contributed by atoms with van der Waals surface area (Å²) in [6.45, 7) is 1.96. The second-order valence-electron chi connectivity index (χ2n) is 4.89. The molecule has 0 fully saturated rings. The number of phenolic OH excluding ortho intramolecular Hbond substituents is 1. The monoisotopic (exact) mass is 250 g/mol. The van der Waals surface area contributed by atoms with Crippen molar-refractivity contribution in [3.8, 4) is 5.75 Å². The van der Waals surface area contributed by atoms with Crippen LogP contribution >= 0.6 is 0 Å². The number of aromatic hydroxyl groups is 1. The number of ketones is 1. The Morgan fingerprint density at radius 2 is 1.95 bits per heavy atom. The van der Waals surface area contributed by atoms with Crippen LogP contribution in [0.5, 0.6) is 5.75 Å². The Labute approximate surface area is 112 Å². The predicted molar refractivity (Wildman–Crippen MR) is 75.3 cm³/mol. The van der Waals surface area contributed by atoms with Crippen LogP contribution in [0.3, 0.4) is 0 Å². The molecule has 2 heteroatoms. The molecule has 3 rings (SSSR count). The van der Waals surface area contributed by atoms with E-state index in [1.54, 1.807) is 12.1 Å². The van der Waals surface area contributed by atoms with E-state index in [9.17, 15) is 9.90 Å². The summed E-state index contributed by atoms with van der Waals surface area (Å²) in [5, 5.41) is 9.84. The topological polar surface area (TPSA) is 37.3 Å². The number of carbonyl (C=O) groups excluding carboxylic acids is 1. The van der Waals surface area contributed by atoms with Crippen LogP contribution < -0.4 is 0 Å². The zero-order valence-corrected chi connectivity index (χ0v) is 10.7. The van der Waals surface area contributed by atoms with Gasteiger partial charge in [-0.25, -0.2) is 0 Å². The first-order valence-electron chi connectivity index (χ1n) is 6.28. The van der Waals surface area contributed by atoms with Crippen molar-refractivity contribution in [2.45, 2.75) is 13.3 Å². The molecule has 94 valence electrons. The highest BCUT2D eigenvalue weighted by Crippen LogP contribution is 2.29. The molecule has 0 heterocycles. The molecule has 0 unspecified atom stereocenters. The van der Waals surface area contributed by atoms with Crippen molar-refractivity contribution in [3.05, 3.63) is 70.3 Å². The smallest absolute Gasteiger partial charge is 0.189 e. The van der Waals surface area contributed by atoms with Crippen molar-refractivity contribution in [2.75, 3.05) is 0 Å². The van der Waals surface area contributed by atoms with Gasteiger partial charge in [-0.05, 0) is 30.7 Å². The number of hydrogen-bond donors (Lipinski definition) is 1. The minimum absolute atomic E-state index is 0.0662. The molecule has 0 atom stereocenters. The summed E-state index contributed by atoms with van der Waals surface area (Å²) in [4.78, 5) is 12.2. The average Bonchev–Trinajstić information content (AvgIpc) is 2.72. The van der Waals surface area contributed by atoms with Gasteiger partial charge in [-0.3, -0.25) is 4.79 Å². The molecule has 2 nitrogen and oxygen atoms in total. The fourth-order valence-electron chi connectivity index (χ4n) is 2.45. The first-order chi connectivity index (χ1) is 9.15. The molecule has 0 bridgehead atoms. The number of benzene rings is 2. The van der Waals surface area contributed by atoms with E-state index in [0.29, 0.717) is 12.0 Å². The van der Waals surface area contributed by atoms with Gasteiger partial charge in [0.1, 0.15) is 5.75 Å². The molecular formula is C17H14O2. The predicted octanol–water partition coefficient (Wildman–Crippen LogP) is 3.52. The van der Waals surface area contributed by atoms with Crippen LogP contribution in [0.25, 0.3) is 6.08 Å². The van der Waals surface area contributed by atoms with Gasteiger partial charge in [-0.1, -0.05) is 35.9 Å². The van der Waals surface area contributed by atoms with E-state index < -0.39 is 0 Å². The minimum atomic E-state index is 0.0662. The molecule has 1 aliphatic carbocycles. The maximum atomic E-state index is 12.2. The molecule has 2 aromatic carbocycles. The molecule has 19 heavy (non-hydrogen) atoms. The lowest BCUT2D eigenvalue weighted by molar-refractivity contribution is 0.104. The number of allylic oxidation sites excluding steroid dienone is 1. The normalized spacial score (nSPS) is 15.8. The summed E-state index contributed by atoms with van der Waals surface area (Å²) in [7, 11) is 0. The Morgan fingerprint density at radius 3 is 2.74 bits per heavy atom. The zero-order chi connectivity index (χ0) is 13.4. The molecule has 2 aromatic rings. The standard InChI is InChI=1S/C17H14O2/c1-11-6-7-16(18)13(8-11)10-14-9-12-4-2-3-5-15(12)17(14)19/h2-8,10,18H,9H2,1H3/b14-10+. The highest BCUT2D eigenvalue weighted by molar-refractivity contribution is 6.15. The molecule has 1 aliphatic rings. The summed E-state index contributed by atoms with van der Waals surface area (Å²) >= 11 is 0. The number of Topliss-reactive ketones (excluding diaryl/α,β-unsaturated/α-hetero) is 1. The largest absolute Gasteiger partial charge is 0.507 e. The van der Waals surface area contributed by atoms with E-state index in [1.807, 2.05) is 43.3 Å². The molecule has 0 amide bonds. The number of hydrogen-bond acceptors (Lipinski definition) is 2. The van der Waals surface area contributed by atoms with E-state index in [-0.39, 0.29) is 11.5 Å². The quantitative estimate of drug-likeness (QED) is 0.786. The molecule has 0 aromatic heterocycles. The number of rotatable bonds is 1. The van der Waals surface area contributed by atoms with E-state index in [4.69, 9.17) is 0 Å². The van der Waals surface area contributed by atoms with Crippen molar-refractivity contribution in [1.82, 2.24) is 0 Å². The molecule has 1 N–H and O–H groups in total. The van der Waals surface area contributed by atoms with E-state index in [0.717, 1.165) is 22.3 Å². The SMILES string of the molecule is Cc1ccc(O)c(/C=C2\Cc3ccccc3C2=O)c1. The fourth-order valence-corrected chi connectivity index (χ4v) is 2.45. The van der Waals surface area contributed by atoms with E-state index >= 15 is 0 Å². The molecule has 0 aliphatic heterocycles. The van der Waals surface area contributed by atoms with Gasteiger partial charge in [-0.2, -0.15) is 0 Å². The lowest BCUT2D eigenvalue weighted by Crippen LogP contribution is -1.95. The Balaban J connectivity index is 2.03. The minimum Gasteiger partial charge on any atom is -0.507 e. The highest BCUT2D eigenvalue weighted by atomic mass is 16.3. The van der Waals surface area contributed by atoms with Crippen LogP contribution in [0.2, 0.25) is 0 Å². The van der Waals surface area contributed by atoms with Crippen LogP contribution in [0.15, 0.2) is 48.0 Å². The third-order valence-corrected chi connectivity index (χ3v) is 3.45. The van der Waals surface area contributed by atoms with E-state index in [2.05, 4.69) is 0 Å². The third kappa shape index (κ3) is 2.06. The average molecular weight is 250 g/mol. The van der Waals surface area contributed by atoms with Crippen molar-refractivity contribution < 1.29 is 9.90 Å². The molecule has 0 radical (unpaired) electrons. The van der Waals surface area contributed by atoms with Gasteiger partial charge in [0.25, 0.3) is 0 Å². The maximum Gasteiger partial charge on any atom is 0.189 e. The number of phenols is 1. The van der Waals surface area contributed by atoms with Gasteiger partial charge in [-0.15, -0.1) is 0 Å². The highest BCUT2D eigenvalue weighted by Gasteiger charge is 2.24. The lowest BCUT2D eigenvalue weighted by atomic mass is 10.0. The summed E-state index contributed by atoms with van der Waals surface area (Å²) in [6.07, 6.45) is 2.44. The van der Waals surface area contributed by atoms with Gasteiger partial charge in [0, 0.05) is 23.1 Å². The number of carbonyl (C=O) groups is 1. The molecule has 0 saturated heterocycles. The van der Waals surface area contributed by atoms with Crippen LogP contribution in [-0.2, 0) is 6.42 Å². The summed E-state index contributed by atoms with van der Waals surface area (Å²) in [6, 6.07) is 13.1. The number of fused-ring (bicyclic) bond motifs is 1. The van der Waals surface area contributed by atoms with Crippen molar-refractivity contribution >= 4 is 11.9 Å². The lowest BCUT2D eigenvalue weighted by Gasteiger charge is -2.02. The third-order valence-electron chi connectivity index (χ3n) is 3.45. The Bertz CT molecular complexity index is 696. The second-order valence-corrected chi connectivity index (χ2v) is 4.89. The van der Waals surface area contributed by atoms with Gasteiger partial charge in [0.2, 0.25) is 0 Å². The van der Waals surface area contributed by atoms with Gasteiger partial charge in [0.15, 0.2) is 5.78 Å². The second kappa shape index (κ2) is 4.39. The Hall–Kier alpha value is -2.35. The first kappa shape index (κ1) is 11.7. The summed E-state index contributed by atoms with van der Waals surface area (Å²) < 4.78 is 0. The Kier molecular flexibility index (Phi) is 2.71. The van der Waals surface area contributed by atoms with Crippen molar-refractivity contribution in [1.29, 1.82) is 0 Å². The maximum absolute atomic E-state index is 12.2. The number of aryl methyl sites for hydroxylation is 1. The van der Waals surface area contributed by atoms with Gasteiger partial charge in [0.05, 0.1) is 0 Å². The summed E-state index contributed by atoms with van der Waals surface area (Å²) in [5.41, 5.74) is 4.35. The molecular weight excluding hydrogens is 236 g/mol. The van der Waals surface area contributed by atoms with Crippen LogP contribution in [0.1, 0.15) is 27.0 Å². The van der Waals surface area contributed by atoms with Crippen LogP contribution in [0, 0.1) is 6.92 Å².